The molecule has 0 radical (unpaired) electrons. The summed E-state index contributed by atoms with van der Waals surface area (Å²) in [5.74, 6) is -0.974. The van der Waals surface area contributed by atoms with E-state index < -0.39 is 16.4 Å². The van der Waals surface area contributed by atoms with E-state index in [0.717, 1.165) is 6.07 Å². The van der Waals surface area contributed by atoms with Crippen LogP contribution in [0.5, 0.6) is 5.75 Å². The van der Waals surface area contributed by atoms with Gasteiger partial charge in [0.15, 0.2) is 0 Å². The summed E-state index contributed by atoms with van der Waals surface area (Å²) < 4.78 is 0.146. The predicted octanol–water partition coefficient (Wildman–Crippen LogP) is 1.90. The van der Waals surface area contributed by atoms with Gasteiger partial charge in [0.2, 0.25) is 0 Å². The summed E-state index contributed by atoms with van der Waals surface area (Å²) in [6, 6.07) is 1.14. The van der Waals surface area contributed by atoms with E-state index in [0.29, 0.717) is 0 Å². The van der Waals surface area contributed by atoms with Gasteiger partial charge in [-0.15, -0.1) is 0 Å². The Morgan fingerprint density at radius 2 is 2.14 bits per heavy atom. The number of nitrogens with zero attached hydrogens (tertiary/aromatic N) is 1. The summed E-state index contributed by atoms with van der Waals surface area (Å²) in [5.41, 5.74) is -1.09. The van der Waals surface area contributed by atoms with Crippen LogP contribution in [0.1, 0.15) is 10.4 Å². The Hall–Kier alpha value is -1.14. The largest absolute Gasteiger partial charge is 0.867 e. The summed E-state index contributed by atoms with van der Waals surface area (Å²) in [5, 5.41) is 21.4. The third kappa shape index (κ3) is 1.71. The van der Waals surface area contributed by atoms with Gasteiger partial charge < -0.3 is 5.11 Å². The number of hydrogen-bond donors (Lipinski definition) is 0. The first kappa shape index (κ1) is 10.9. The van der Waals surface area contributed by atoms with Gasteiger partial charge in [-0.1, -0.05) is 11.6 Å². The second-order valence-electron chi connectivity index (χ2n) is 2.31. The molecule has 0 fully saturated rings. The zero-order valence-corrected chi connectivity index (χ0v) is 8.83. The summed E-state index contributed by atoms with van der Waals surface area (Å²) in [6.45, 7) is 0. The maximum atomic E-state index is 11.2. The van der Waals surface area contributed by atoms with Gasteiger partial charge in [0, 0.05) is 10.0 Å². The molecule has 1 rings (SSSR count). The van der Waals surface area contributed by atoms with Crippen molar-refractivity contribution in [2.24, 2.45) is 0 Å². The number of aldehydes is 1. The standard InChI is InChI=1S/C7H3BrClNO4/c8-4-1-3(2-11)7(12)6(5(4)9)10(13)14/h1-2,12H/p-1. The Morgan fingerprint density at radius 3 is 2.57 bits per heavy atom. The average Bonchev–Trinajstić information content (AvgIpc) is 2.11. The first-order chi connectivity index (χ1) is 6.49. The van der Waals surface area contributed by atoms with Gasteiger partial charge in [0.05, 0.1) is 4.92 Å². The van der Waals surface area contributed by atoms with Crippen LogP contribution >= 0.6 is 27.5 Å². The van der Waals surface area contributed by atoms with E-state index in [4.69, 9.17) is 11.6 Å². The van der Waals surface area contributed by atoms with E-state index in [1.54, 1.807) is 0 Å². The van der Waals surface area contributed by atoms with Crippen molar-refractivity contribution in [2.75, 3.05) is 0 Å². The van der Waals surface area contributed by atoms with Crippen LogP contribution in [0.25, 0.3) is 0 Å². The summed E-state index contributed by atoms with van der Waals surface area (Å²) >= 11 is 8.42. The van der Waals surface area contributed by atoms with Crippen LogP contribution in [-0.2, 0) is 0 Å². The molecule has 0 saturated carbocycles. The lowest BCUT2D eigenvalue weighted by molar-refractivity contribution is -0.398. The number of carbonyl (C=O) groups excluding carboxylic acids is 1. The fraction of sp³-hybridized carbons (Fsp3) is 0. The van der Waals surface area contributed by atoms with Gasteiger partial charge in [-0.25, -0.2) is 0 Å². The number of hydrogen-bond acceptors (Lipinski definition) is 4. The van der Waals surface area contributed by atoms with Crippen LogP contribution in [0.4, 0.5) is 5.69 Å². The molecule has 1 aromatic carbocycles. The molecule has 0 amide bonds. The minimum absolute atomic E-state index is 0.146. The lowest BCUT2D eigenvalue weighted by Gasteiger charge is -2.11. The summed E-state index contributed by atoms with van der Waals surface area (Å²) in [7, 11) is 0. The molecule has 7 heteroatoms. The molecular weight excluding hydrogens is 277 g/mol. The number of halogens is 2. The van der Waals surface area contributed by atoms with Gasteiger partial charge in [-0.05, 0) is 27.7 Å². The van der Waals surface area contributed by atoms with Crippen LogP contribution in [0.3, 0.4) is 0 Å². The van der Waals surface area contributed by atoms with Gasteiger partial charge in [0.25, 0.3) is 5.69 Å². The van der Waals surface area contributed by atoms with Gasteiger partial charge in [-0.2, -0.15) is 0 Å². The molecule has 0 aliphatic rings. The maximum absolute atomic E-state index is 11.2. The number of carbonyl (C=O) groups is 1. The molecule has 74 valence electrons. The molecule has 14 heavy (non-hydrogen) atoms. The van der Waals surface area contributed by atoms with Crippen molar-refractivity contribution in [1.82, 2.24) is 0 Å². The molecule has 0 aliphatic heterocycles. The highest BCUT2D eigenvalue weighted by molar-refractivity contribution is 9.10. The second kappa shape index (κ2) is 3.93. The van der Waals surface area contributed by atoms with Crippen molar-refractivity contribution in [3.8, 4) is 5.75 Å². The van der Waals surface area contributed by atoms with Gasteiger partial charge in [-0.3, -0.25) is 14.9 Å². The molecular formula is C7H2BrClNO4-. The zero-order chi connectivity index (χ0) is 10.9. The van der Waals surface area contributed by atoms with Crippen LogP contribution in [0, 0.1) is 10.1 Å². The summed E-state index contributed by atoms with van der Waals surface area (Å²) in [6.07, 6.45) is 0.246. The second-order valence-corrected chi connectivity index (χ2v) is 3.55. The highest BCUT2D eigenvalue weighted by Crippen LogP contribution is 2.39. The van der Waals surface area contributed by atoms with E-state index in [-0.39, 0.29) is 21.3 Å². The first-order valence-electron chi connectivity index (χ1n) is 3.27. The average molecular weight is 279 g/mol. The van der Waals surface area contributed by atoms with Crippen LogP contribution in [-0.4, -0.2) is 11.2 Å². The third-order valence-corrected chi connectivity index (χ3v) is 2.72. The first-order valence-corrected chi connectivity index (χ1v) is 4.44. The highest BCUT2D eigenvalue weighted by atomic mass is 79.9. The summed E-state index contributed by atoms with van der Waals surface area (Å²) in [4.78, 5) is 19.9. The minimum Gasteiger partial charge on any atom is -0.867 e. The number of benzene rings is 1. The Labute approximate surface area is 91.6 Å². The molecule has 0 N–H and O–H groups in total. The number of nitro groups is 1. The monoisotopic (exact) mass is 278 g/mol. The molecule has 0 spiro atoms. The SMILES string of the molecule is O=Cc1cc(Br)c(Cl)c([N+](=O)[O-])c1[O-]. The fourth-order valence-corrected chi connectivity index (χ4v) is 1.51. The van der Waals surface area contributed by atoms with E-state index in [1.807, 2.05) is 0 Å². The number of nitro benzene ring substituents is 1. The minimum atomic E-state index is -0.974. The van der Waals surface area contributed by atoms with Crippen molar-refractivity contribution in [3.05, 3.63) is 31.2 Å². The molecule has 0 bridgehead atoms. The van der Waals surface area contributed by atoms with Gasteiger partial charge in [0.1, 0.15) is 11.3 Å². The topological polar surface area (TPSA) is 83.3 Å². The zero-order valence-electron chi connectivity index (χ0n) is 6.49. The Kier molecular flexibility index (Phi) is 3.07. The van der Waals surface area contributed by atoms with Crippen LogP contribution in [0.15, 0.2) is 10.5 Å². The molecule has 0 atom stereocenters. The normalized spacial score (nSPS) is 9.86. The molecule has 1 aromatic rings. The molecule has 0 unspecified atom stereocenters. The smallest absolute Gasteiger partial charge is 0.282 e. The maximum Gasteiger partial charge on any atom is 0.282 e. The quantitative estimate of drug-likeness (QED) is 0.470. The lowest BCUT2D eigenvalue weighted by Crippen LogP contribution is -2.03. The van der Waals surface area contributed by atoms with Crippen LogP contribution in [0.2, 0.25) is 5.02 Å². The molecule has 0 aliphatic carbocycles. The van der Waals surface area contributed by atoms with E-state index in [9.17, 15) is 20.0 Å². The van der Waals surface area contributed by atoms with Gasteiger partial charge >= 0.3 is 0 Å². The fourth-order valence-electron chi connectivity index (χ4n) is 0.866. The third-order valence-electron chi connectivity index (χ3n) is 1.49. The molecule has 5 nitrogen and oxygen atoms in total. The predicted molar refractivity (Wildman–Crippen MR) is 50.6 cm³/mol. The molecule has 0 heterocycles. The van der Waals surface area contributed by atoms with Crippen molar-refractivity contribution >= 4 is 39.5 Å². The Balaban J connectivity index is 3.61. The molecule has 0 saturated heterocycles. The van der Waals surface area contributed by atoms with Crippen molar-refractivity contribution in [1.29, 1.82) is 0 Å². The highest BCUT2D eigenvalue weighted by Gasteiger charge is 2.18. The Bertz CT molecular complexity index is 421. The van der Waals surface area contributed by atoms with Crippen molar-refractivity contribution < 1.29 is 14.8 Å². The van der Waals surface area contributed by atoms with E-state index in [2.05, 4.69) is 15.9 Å². The van der Waals surface area contributed by atoms with Crippen molar-refractivity contribution in [2.45, 2.75) is 0 Å². The molecule has 0 aromatic heterocycles. The van der Waals surface area contributed by atoms with E-state index >= 15 is 0 Å². The number of rotatable bonds is 2. The Morgan fingerprint density at radius 1 is 1.57 bits per heavy atom. The van der Waals surface area contributed by atoms with E-state index in [1.165, 1.54) is 0 Å². The van der Waals surface area contributed by atoms with Crippen LogP contribution < -0.4 is 5.11 Å². The lowest BCUT2D eigenvalue weighted by atomic mass is 10.2. The van der Waals surface area contributed by atoms with Crippen molar-refractivity contribution in [3.63, 3.8) is 0 Å².